The molecule has 0 radical (unpaired) electrons. The first-order valence-corrected chi connectivity index (χ1v) is 10.7. The van der Waals surface area contributed by atoms with E-state index < -0.39 is 0 Å². The van der Waals surface area contributed by atoms with E-state index >= 15 is 0 Å². The Morgan fingerprint density at radius 3 is 2.45 bits per heavy atom. The van der Waals surface area contributed by atoms with Crippen LogP contribution in [0.15, 0.2) is 64.2 Å². The van der Waals surface area contributed by atoms with Crippen molar-refractivity contribution in [1.29, 1.82) is 0 Å². The molecule has 0 saturated carbocycles. The Morgan fingerprint density at radius 1 is 1.19 bits per heavy atom. The molecule has 0 atom stereocenters. The largest absolute Gasteiger partial charge is 0.488 e. The van der Waals surface area contributed by atoms with Crippen molar-refractivity contribution in [1.82, 2.24) is 4.90 Å². The Hall–Kier alpha value is -3.02. The van der Waals surface area contributed by atoms with Crippen LogP contribution >= 0.6 is 0 Å². The molecule has 0 bridgehead atoms. The topological polar surface area (TPSA) is 69.5 Å². The van der Waals surface area contributed by atoms with Gasteiger partial charge in [-0.05, 0) is 70.4 Å². The van der Waals surface area contributed by atoms with Gasteiger partial charge in [-0.3, -0.25) is 0 Å². The van der Waals surface area contributed by atoms with Gasteiger partial charge in [0.05, 0.1) is 0 Å². The SMILES string of the molecule is C/C=C(/Nc1cc(/C(N=CCOC(/C=C\C(C)C)=C/C)=N/O)ccc1C)N(C)C(C)C. The number of aryl methyl sites for hydroxylation is 1. The zero-order chi connectivity index (χ0) is 23.4. The standard InChI is InChI=1S/C25H38N4O2/c1-9-22(14-11-18(3)4)31-16-15-26-25(28-30)21-13-12-20(7)23(17-21)27-24(10-2)29(8)19(5)6/h9-15,17-19,27,30H,16H2,1-8H3/b14-11-,22-9+,24-10-,26-15?,28-25-. The molecule has 0 aliphatic rings. The van der Waals surface area contributed by atoms with Crippen molar-refractivity contribution in [2.45, 2.75) is 54.5 Å². The van der Waals surface area contributed by atoms with Crippen molar-refractivity contribution < 1.29 is 9.94 Å². The molecule has 1 aromatic rings. The van der Waals surface area contributed by atoms with Crippen molar-refractivity contribution in [3.05, 3.63) is 65.2 Å². The zero-order valence-corrected chi connectivity index (χ0v) is 20.2. The van der Waals surface area contributed by atoms with E-state index in [-0.39, 0.29) is 12.4 Å². The molecule has 6 heteroatoms. The average molecular weight is 427 g/mol. The molecular weight excluding hydrogens is 388 g/mol. The maximum absolute atomic E-state index is 9.50. The summed E-state index contributed by atoms with van der Waals surface area (Å²) in [6.07, 6.45) is 9.56. The number of hydrogen-bond acceptors (Lipinski definition) is 5. The summed E-state index contributed by atoms with van der Waals surface area (Å²) in [5.74, 6) is 2.46. The van der Waals surface area contributed by atoms with Crippen molar-refractivity contribution in [3.8, 4) is 0 Å². The number of hydrogen-bond donors (Lipinski definition) is 2. The van der Waals surface area contributed by atoms with E-state index in [2.05, 4.69) is 54.1 Å². The average Bonchev–Trinajstić information content (AvgIpc) is 2.74. The predicted molar refractivity (Wildman–Crippen MR) is 132 cm³/mol. The number of aliphatic imine (C=N–C) groups is 1. The number of allylic oxidation sites excluding steroid dienone is 4. The number of benzene rings is 1. The lowest BCUT2D eigenvalue weighted by Crippen LogP contribution is -2.29. The number of nitrogens with zero attached hydrogens (tertiary/aromatic N) is 3. The molecule has 0 saturated heterocycles. The summed E-state index contributed by atoms with van der Waals surface area (Å²) in [6, 6.07) is 6.16. The predicted octanol–water partition coefficient (Wildman–Crippen LogP) is 5.95. The summed E-state index contributed by atoms with van der Waals surface area (Å²) in [5.41, 5.74) is 2.72. The second-order valence-electron chi connectivity index (χ2n) is 7.87. The maximum Gasteiger partial charge on any atom is 0.198 e. The number of oxime groups is 1. The van der Waals surface area contributed by atoms with Gasteiger partial charge in [-0.15, -0.1) is 0 Å². The third kappa shape index (κ3) is 8.70. The fourth-order valence-corrected chi connectivity index (χ4v) is 2.61. The van der Waals surface area contributed by atoms with Crippen LogP contribution in [-0.4, -0.2) is 41.9 Å². The Morgan fingerprint density at radius 2 is 1.90 bits per heavy atom. The molecule has 1 rings (SSSR count). The van der Waals surface area contributed by atoms with Gasteiger partial charge in [-0.2, -0.15) is 0 Å². The van der Waals surface area contributed by atoms with E-state index in [0.717, 1.165) is 22.8 Å². The first-order valence-electron chi connectivity index (χ1n) is 10.7. The van der Waals surface area contributed by atoms with E-state index in [1.165, 1.54) is 0 Å². The molecule has 0 amide bonds. The van der Waals surface area contributed by atoms with E-state index in [0.29, 0.717) is 17.5 Å². The van der Waals surface area contributed by atoms with Crippen molar-refractivity contribution in [2.24, 2.45) is 16.1 Å². The molecule has 0 spiro atoms. The summed E-state index contributed by atoms with van der Waals surface area (Å²) in [5, 5.41) is 16.3. The fourth-order valence-electron chi connectivity index (χ4n) is 2.61. The maximum atomic E-state index is 9.50. The van der Waals surface area contributed by atoms with Crippen LogP contribution in [0.3, 0.4) is 0 Å². The van der Waals surface area contributed by atoms with Gasteiger partial charge in [0.1, 0.15) is 18.2 Å². The third-order valence-corrected chi connectivity index (χ3v) is 4.75. The van der Waals surface area contributed by atoms with Gasteiger partial charge >= 0.3 is 0 Å². The lowest BCUT2D eigenvalue weighted by Gasteiger charge is -2.28. The Kier molecular flexibility index (Phi) is 11.2. The van der Waals surface area contributed by atoms with Gasteiger partial charge in [-0.1, -0.05) is 37.2 Å². The molecule has 0 aliphatic heterocycles. The van der Waals surface area contributed by atoms with Crippen molar-refractivity contribution in [3.63, 3.8) is 0 Å². The van der Waals surface area contributed by atoms with E-state index in [4.69, 9.17) is 4.74 Å². The van der Waals surface area contributed by atoms with Crippen LogP contribution in [0.5, 0.6) is 0 Å². The highest BCUT2D eigenvalue weighted by atomic mass is 16.5. The number of ether oxygens (including phenoxy) is 1. The van der Waals surface area contributed by atoms with Gasteiger partial charge in [0.2, 0.25) is 0 Å². The molecule has 170 valence electrons. The van der Waals surface area contributed by atoms with Crippen LogP contribution in [0, 0.1) is 12.8 Å². The normalized spacial score (nSPS) is 13.7. The van der Waals surface area contributed by atoms with Crippen LogP contribution in [0.2, 0.25) is 0 Å². The first-order chi connectivity index (χ1) is 14.7. The first kappa shape index (κ1) is 26.0. The smallest absolute Gasteiger partial charge is 0.198 e. The second kappa shape index (κ2) is 13.3. The number of amidine groups is 1. The van der Waals surface area contributed by atoms with Gasteiger partial charge in [-0.25, -0.2) is 4.99 Å². The lowest BCUT2D eigenvalue weighted by atomic mass is 10.1. The van der Waals surface area contributed by atoms with E-state index in [1.807, 2.05) is 64.2 Å². The molecule has 2 N–H and O–H groups in total. The Balaban J connectivity index is 2.93. The highest BCUT2D eigenvalue weighted by molar-refractivity contribution is 6.03. The molecular formula is C25H38N4O2. The molecule has 0 fully saturated rings. The highest BCUT2D eigenvalue weighted by Crippen LogP contribution is 2.21. The van der Waals surface area contributed by atoms with Crippen LogP contribution < -0.4 is 5.32 Å². The third-order valence-electron chi connectivity index (χ3n) is 4.75. The lowest BCUT2D eigenvalue weighted by molar-refractivity contribution is 0.275. The Bertz CT molecular complexity index is 849. The molecule has 0 aromatic heterocycles. The number of anilines is 1. The zero-order valence-electron chi connectivity index (χ0n) is 20.2. The van der Waals surface area contributed by atoms with Gasteiger partial charge < -0.3 is 20.2 Å². The minimum atomic E-state index is 0.227. The summed E-state index contributed by atoms with van der Waals surface area (Å²) in [4.78, 5) is 6.46. The number of rotatable bonds is 10. The molecule has 1 aromatic carbocycles. The van der Waals surface area contributed by atoms with Crippen molar-refractivity contribution in [2.75, 3.05) is 19.0 Å². The summed E-state index contributed by atoms with van der Waals surface area (Å²) in [6.45, 7) is 14.7. The minimum Gasteiger partial charge on any atom is -0.488 e. The summed E-state index contributed by atoms with van der Waals surface area (Å²) >= 11 is 0. The highest BCUT2D eigenvalue weighted by Gasteiger charge is 2.11. The van der Waals surface area contributed by atoms with Gasteiger partial charge in [0.15, 0.2) is 5.84 Å². The van der Waals surface area contributed by atoms with Gasteiger partial charge in [0.25, 0.3) is 0 Å². The Labute approximate surface area is 187 Å². The molecule has 0 unspecified atom stereocenters. The molecule has 0 heterocycles. The molecule has 0 aliphatic carbocycles. The van der Waals surface area contributed by atoms with E-state index in [1.54, 1.807) is 6.21 Å². The minimum absolute atomic E-state index is 0.227. The van der Waals surface area contributed by atoms with E-state index in [9.17, 15) is 5.21 Å². The molecule has 6 nitrogen and oxygen atoms in total. The van der Waals surface area contributed by atoms with Crippen molar-refractivity contribution >= 4 is 17.7 Å². The van der Waals surface area contributed by atoms with Crippen LogP contribution in [0.25, 0.3) is 0 Å². The number of nitrogens with one attached hydrogen (secondary N) is 1. The summed E-state index contributed by atoms with van der Waals surface area (Å²) in [7, 11) is 2.05. The summed E-state index contributed by atoms with van der Waals surface area (Å²) < 4.78 is 5.69. The van der Waals surface area contributed by atoms with Crippen LogP contribution in [-0.2, 0) is 4.74 Å². The van der Waals surface area contributed by atoms with Crippen LogP contribution in [0.1, 0.15) is 52.7 Å². The molecule has 31 heavy (non-hydrogen) atoms. The monoisotopic (exact) mass is 426 g/mol. The quantitative estimate of drug-likeness (QED) is 0.121. The second-order valence-corrected chi connectivity index (χ2v) is 7.87. The van der Waals surface area contributed by atoms with Crippen LogP contribution in [0.4, 0.5) is 5.69 Å². The van der Waals surface area contributed by atoms with Gasteiger partial charge in [0, 0.05) is 30.6 Å². The fraction of sp³-hybridized carbons (Fsp3) is 0.440.